The van der Waals surface area contributed by atoms with Crippen LogP contribution in [0.3, 0.4) is 0 Å². The van der Waals surface area contributed by atoms with Gasteiger partial charge in [-0.25, -0.2) is 0 Å². The Bertz CT molecular complexity index is 398. The van der Waals surface area contributed by atoms with E-state index in [0.717, 1.165) is 11.1 Å². The number of carbonyl (C=O) groups is 1. The highest BCUT2D eigenvalue weighted by atomic mass is 16.5. The lowest BCUT2D eigenvalue weighted by atomic mass is 10.1. The molecule has 1 aromatic rings. The minimum atomic E-state index is -0.284. The summed E-state index contributed by atoms with van der Waals surface area (Å²) in [6.45, 7) is 2.69. The summed E-state index contributed by atoms with van der Waals surface area (Å²) >= 11 is 0. The molecule has 0 saturated heterocycles. The summed E-state index contributed by atoms with van der Waals surface area (Å²) in [6.07, 6.45) is 0.131. The first-order valence-electron chi connectivity index (χ1n) is 5.19. The monoisotopic (exact) mass is 217 g/mol. The molecule has 0 aliphatic carbocycles. The summed E-state index contributed by atoms with van der Waals surface area (Å²) in [5.74, 6) is 5.38. The fourth-order valence-corrected chi connectivity index (χ4v) is 1.15. The van der Waals surface area contributed by atoms with E-state index in [2.05, 4.69) is 11.8 Å². The largest absolute Gasteiger partial charge is 0.465 e. The number of carbonyl (C=O) groups excluding carboxylic acids is 1. The van der Waals surface area contributed by atoms with Gasteiger partial charge < -0.3 is 10.5 Å². The SMILES string of the molecule is CCOC(=O)CC#Cc1ccc(CN)cc1. The third-order valence-corrected chi connectivity index (χ3v) is 1.96. The molecule has 0 heterocycles. The highest BCUT2D eigenvalue weighted by molar-refractivity contribution is 5.72. The van der Waals surface area contributed by atoms with Gasteiger partial charge in [0.1, 0.15) is 6.42 Å². The van der Waals surface area contributed by atoms with Crippen molar-refractivity contribution in [2.45, 2.75) is 19.9 Å². The average molecular weight is 217 g/mol. The third-order valence-electron chi connectivity index (χ3n) is 1.96. The van der Waals surface area contributed by atoms with Crippen molar-refractivity contribution < 1.29 is 9.53 Å². The van der Waals surface area contributed by atoms with E-state index >= 15 is 0 Å². The van der Waals surface area contributed by atoms with Crippen LogP contribution in [0.1, 0.15) is 24.5 Å². The topological polar surface area (TPSA) is 52.3 Å². The number of benzene rings is 1. The zero-order valence-corrected chi connectivity index (χ0v) is 9.32. The van der Waals surface area contributed by atoms with Crippen LogP contribution in [0.2, 0.25) is 0 Å². The zero-order valence-electron chi connectivity index (χ0n) is 9.32. The quantitative estimate of drug-likeness (QED) is 0.616. The van der Waals surface area contributed by atoms with Crippen LogP contribution in [0.4, 0.5) is 0 Å². The molecule has 0 radical (unpaired) electrons. The third kappa shape index (κ3) is 4.16. The Kier molecular flexibility index (Phi) is 5.10. The summed E-state index contributed by atoms with van der Waals surface area (Å²) in [7, 11) is 0. The molecule has 0 spiro atoms. The summed E-state index contributed by atoms with van der Waals surface area (Å²) in [6, 6.07) is 7.63. The second kappa shape index (κ2) is 6.65. The van der Waals surface area contributed by atoms with Crippen molar-refractivity contribution >= 4 is 5.97 Å². The van der Waals surface area contributed by atoms with Crippen LogP contribution in [-0.2, 0) is 16.1 Å². The first-order valence-corrected chi connectivity index (χ1v) is 5.19. The molecule has 3 nitrogen and oxygen atoms in total. The second-order valence-electron chi connectivity index (χ2n) is 3.18. The van der Waals surface area contributed by atoms with Gasteiger partial charge in [0.15, 0.2) is 0 Å². The second-order valence-corrected chi connectivity index (χ2v) is 3.18. The molecule has 0 aliphatic heterocycles. The fourth-order valence-electron chi connectivity index (χ4n) is 1.15. The summed E-state index contributed by atoms with van der Waals surface area (Å²) in [4.78, 5) is 11.0. The average Bonchev–Trinajstić information content (AvgIpc) is 2.30. The minimum absolute atomic E-state index is 0.131. The molecular formula is C13H15NO2. The van der Waals surface area contributed by atoms with Gasteiger partial charge in [-0.2, -0.15) is 0 Å². The molecule has 0 atom stereocenters. The van der Waals surface area contributed by atoms with E-state index in [1.807, 2.05) is 24.3 Å². The maximum atomic E-state index is 11.0. The molecule has 0 amide bonds. The van der Waals surface area contributed by atoms with Gasteiger partial charge in [-0.3, -0.25) is 4.79 Å². The molecule has 0 aromatic heterocycles. The van der Waals surface area contributed by atoms with Gasteiger partial charge in [0.25, 0.3) is 0 Å². The molecular weight excluding hydrogens is 202 g/mol. The first-order chi connectivity index (χ1) is 7.76. The molecule has 2 N–H and O–H groups in total. The predicted octanol–water partition coefficient (Wildman–Crippen LogP) is 1.45. The van der Waals surface area contributed by atoms with Gasteiger partial charge in [-0.15, -0.1) is 0 Å². The van der Waals surface area contributed by atoms with Crippen molar-refractivity contribution in [3.05, 3.63) is 35.4 Å². The van der Waals surface area contributed by atoms with Gasteiger partial charge in [0.05, 0.1) is 6.61 Å². The number of rotatable bonds is 3. The lowest BCUT2D eigenvalue weighted by molar-refractivity contribution is -0.141. The standard InChI is InChI=1S/C13H15NO2/c1-2-16-13(15)5-3-4-11-6-8-12(10-14)9-7-11/h6-9H,2,5,10,14H2,1H3. The number of hydrogen-bond donors (Lipinski definition) is 1. The summed E-state index contributed by atoms with van der Waals surface area (Å²) in [5, 5.41) is 0. The zero-order chi connectivity index (χ0) is 11.8. The molecule has 16 heavy (non-hydrogen) atoms. The van der Waals surface area contributed by atoms with Gasteiger partial charge >= 0.3 is 5.97 Å². The summed E-state index contributed by atoms with van der Waals surface area (Å²) < 4.78 is 4.76. The van der Waals surface area contributed by atoms with Gasteiger partial charge in [0, 0.05) is 12.1 Å². The Morgan fingerprint density at radius 1 is 1.38 bits per heavy atom. The van der Waals surface area contributed by atoms with Gasteiger partial charge in [0.2, 0.25) is 0 Å². The molecule has 1 rings (SSSR count). The van der Waals surface area contributed by atoms with Crippen LogP contribution in [0.15, 0.2) is 24.3 Å². The Morgan fingerprint density at radius 2 is 2.06 bits per heavy atom. The van der Waals surface area contributed by atoms with E-state index in [9.17, 15) is 4.79 Å². The van der Waals surface area contributed by atoms with Crippen molar-refractivity contribution in [1.29, 1.82) is 0 Å². The van der Waals surface area contributed by atoms with E-state index in [1.54, 1.807) is 6.92 Å². The smallest absolute Gasteiger partial charge is 0.317 e. The fraction of sp³-hybridized carbons (Fsp3) is 0.308. The maximum Gasteiger partial charge on any atom is 0.317 e. The highest BCUT2D eigenvalue weighted by Gasteiger charge is 1.96. The molecule has 0 saturated carbocycles. The number of hydrogen-bond acceptors (Lipinski definition) is 3. The van der Waals surface area contributed by atoms with Crippen molar-refractivity contribution in [3.63, 3.8) is 0 Å². The van der Waals surface area contributed by atoms with E-state index in [0.29, 0.717) is 13.2 Å². The Balaban J connectivity index is 2.53. The molecule has 0 fully saturated rings. The molecule has 0 unspecified atom stereocenters. The Hall–Kier alpha value is -1.79. The molecule has 0 bridgehead atoms. The van der Waals surface area contributed by atoms with Gasteiger partial charge in [-0.05, 0) is 24.6 Å². The Labute approximate surface area is 95.6 Å². The van der Waals surface area contributed by atoms with Crippen molar-refractivity contribution in [3.8, 4) is 11.8 Å². The lowest BCUT2D eigenvalue weighted by Gasteiger charge is -1.96. The van der Waals surface area contributed by atoms with Crippen LogP contribution in [0.5, 0.6) is 0 Å². The molecule has 0 aliphatic rings. The minimum Gasteiger partial charge on any atom is -0.465 e. The summed E-state index contributed by atoms with van der Waals surface area (Å²) in [5.41, 5.74) is 7.42. The lowest BCUT2D eigenvalue weighted by Crippen LogP contribution is -2.01. The number of esters is 1. The number of ether oxygens (including phenoxy) is 1. The predicted molar refractivity (Wildman–Crippen MR) is 62.5 cm³/mol. The van der Waals surface area contributed by atoms with Crippen LogP contribution in [-0.4, -0.2) is 12.6 Å². The van der Waals surface area contributed by atoms with E-state index in [4.69, 9.17) is 10.5 Å². The first kappa shape index (κ1) is 12.3. The van der Waals surface area contributed by atoms with Crippen LogP contribution in [0, 0.1) is 11.8 Å². The highest BCUT2D eigenvalue weighted by Crippen LogP contribution is 2.02. The molecule has 84 valence electrons. The molecule has 3 heteroatoms. The van der Waals surface area contributed by atoms with Crippen LogP contribution in [0.25, 0.3) is 0 Å². The van der Waals surface area contributed by atoms with Crippen LogP contribution >= 0.6 is 0 Å². The maximum absolute atomic E-state index is 11.0. The van der Waals surface area contributed by atoms with E-state index in [1.165, 1.54) is 0 Å². The van der Waals surface area contributed by atoms with Crippen molar-refractivity contribution in [2.75, 3.05) is 6.61 Å². The number of nitrogens with two attached hydrogens (primary N) is 1. The molecule has 1 aromatic carbocycles. The Morgan fingerprint density at radius 3 is 2.62 bits per heavy atom. The van der Waals surface area contributed by atoms with Crippen molar-refractivity contribution in [2.24, 2.45) is 5.73 Å². The van der Waals surface area contributed by atoms with Crippen molar-refractivity contribution in [1.82, 2.24) is 0 Å². The van der Waals surface area contributed by atoms with E-state index in [-0.39, 0.29) is 12.4 Å². The van der Waals surface area contributed by atoms with Gasteiger partial charge in [-0.1, -0.05) is 24.0 Å². The van der Waals surface area contributed by atoms with Crippen LogP contribution < -0.4 is 5.73 Å². The normalized spacial score (nSPS) is 9.12. The van der Waals surface area contributed by atoms with E-state index < -0.39 is 0 Å².